The van der Waals surface area contributed by atoms with Crippen LogP contribution in [-0.4, -0.2) is 0 Å². The van der Waals surface area contributed by atoms with Crippen molar-refractivity contribution in [2.24, 2.45) is 0 Å². The first-order chi connectivity index (χ1) is 8.60. The number of allylic oxidation sites excluding steroid dienone is 4. The largest absolute Gasteiger partial charge is 0.0836 e. The molecule has 3 rings (SSSR count). The summed E-state index contributed by atoms with van der Waals surface area (Å²) in [6, 6.07) is 6.89. The lowest BCUT2D eigenvalue weighted by Crippen LogP contribution is -2.17. The van der Waals surface area contributed by atoms with Gasteiger partial charge in [0.25, 0.3) is 0 Å². The Morgan fingerprint density at radius 2 is 1.83 bits per heavy atom. The first-order valence-electron chi connectivity index (χ1n) is 7.12. The lowest BCUT2D eigenvalue weighted by atomic mass is 9.78. The van der Waals surface area contributed by atoms with E-state index in [9.17, 15) is 0 Å². The Morgan fingerprint density at radius 3 is 2.56 bits per heavy atom. The average Bonchev–Trinajstić information content (AvgIpc) is 2.62. The van der Waals surface area contributed by atoms with E-state index in [1.807, 2.05) is 13.8 Å². The van der Waals surface area contributed by atoms with E-state index < -0.39 is 0 Å². The molecule has 0 N–H and O–H groups in total. The molecule has 0 unspecified atom stereocenters. The van der Waals surface area contributed by atoms with Gasteiger partial charge >= 0.3 is 0 Å². The zero-order chi connectivity index (χ0) is 13.3. The molecule has 1 aromatic carbocycles. The maximum absolute atomic E-state index is 2.37. The van der Waals surface area contributed by atoms with Crippen LogP contribution in [0.2, 0.25) is 0 Å². The summed E-state index contributed by atoms with van der Waals surface area (Å²) in [7, 11) is 0. The molecule has 0 heterocycles. The number of hydrogen-bond acceptors (Lipinski definition) is 0. The summed E-state index contributed by atoms with van der Waals surface area (Å²) in [5, 5.41) is 0. The molecular formula is C18H24. The van der Waals surface area contributed by atoms with Crippen LogP contribution in [0, 0.1) is 6.92 Å². The zero-order valence-corrected chi connectivity index (χ0v) is 12.3. The summed E-state index contributed by atoms with van der Waals surface area (Å²) >= 11 is 0. The molecule has 0 nitrogen and oxygen atoms in total. The van der Waals surface area contributed by atoms with Crippen molar-refractivity contribution in [3.8, 4) is 0 Å². The predicted molar refractivity (Wildman–Crippen MR) is 80.8 cm³/mol. The third-order valence-electron chi connectivity index (χ3n) is 4.06. The van der Waals surface area contributed by atoms with Gasteiger partial charge in [0, 0.05) is 5.41 Å². The molecule has 18 heavy (non-hydrogen) atoms. The highest BCUT2D eigenvalue weighted by Crippen LogP contribution is 2.49. The molecule has 0 heteroatoms. The minimum atomic E-state index is 0.238. The van der Waals surface area contributed by atoms with Gasteiger partial charge in [0.1, 0.15) is 0 Å². The number of hydrogen-bond donors (Lipinski definition) is 0. The second-order valence-electron chi connectivity index (χ2n) is 5.51. The highest BCUT2D eigenvalue weighted by Gasteiger charge is 2.36. The minimum absolute atomic E-state index is 0.238. The van der Waals surface area contributed by atoms with Crippen molar-refractivity contribution in [3.63, 3.8) is 0 Å². The van der Waals surface area contributed by atoms with Crippen LogP contribution in [0.3, 0.4) is 0 Å². The van der Waals surface area contributed by atoms with E-state index in [0.29, 0.717) is 0 Å². The molecule has 0 aromatic heterocycles. The van der Waals surface area contributed by atoms with Crippen LogP contribution in [0.25, 0.3) is 5.57 Å². The molecule has 0 fully saturated rings. The third kappa shape index (κ3) is 1.84. The number of aryl methyl sites for hydroxylation is 1. The van der Waals surface area contributed by atoms with Crippen LogP contribution >= 0.6 is 0 Å². The Morgan fingerprint density at radius 1 is 1.11 bits per heavy atom. The van der Waals surface area contributed by atoms with Crippen molar-refractivity contribution < 1.29 is 0 Å². The molecule has 0 atom stereocenters. The van der Waals surface area contributed by atoms with Gasteiger partial charge in [-0.05, 0) is 36.5 Å². The van der Waals surface area contributed by atoms with Crippen molar-refractivity contribution in [2.75, 3.05) is 0 Å². The normalized spacial score (nSPS) is 18.9. The average molecular weight is 240 g/mol. The highest BCUT2D eigenvalue weighted by molar-refractivity contribution is 5.86. The molecule has 0 spiro atoms. The van der Waals surface area contributed by atoms with Crippen molar-refractivity contribution >= 4 is 5.57 Å². The smallest absolute Gasteiger partial charge is 0.0121 e. The van der Waals surface area contributed by atoms with E-state index in [2.05, 4.69) is 51.1 Å². The summed E-state index contributed by atoms with van der Waals surface area (Å²) in [5.41, 5.74) is 7.71. The number of fused-ring (bicyclic) bond motifs is 2. The van der Waals surface area contributed by atoms with Gasteiger partial charge in [0.05, 0.1) is 0 Å². The third-order valence-corrected chi connectivity index (χ3v) is 4.06. The monoisotopic (exact) mass is 240 g/mol. The van der Waals surface area contributed by atoms with E-state index in [1.54, 1.807) is 5.57 Å². The molecule has 2 aliphatic carbocycles. The predicted octanol–water partition coefficient (Wildman–Crippen LogP) is 5.42. The maximum Gasteiger partial charge on any atom is 0.0121 e. The molecule has 0 amide bonds. The second kappa shape index (κ2) is 4.76. The van der Waals surface area contributed by atoms with Crippen LogP contribution in [0.15, 0.2) is 35.9 Å². The number of benzene rings is 1. The fourth-order valence-corrected chi connectivity index (χ4v) is 3.14. The van der Waals surface area contributed by atoms with Gasteiger partial charge in [-0.2, -0.15) is 0 Å². The van der Waals surface area contributed by atoms with Crippen LogP contribution in [0.4, 0.5) is 0 Å². The van der Waals surface area contributed by atoms with Gasteiger partial charge in [-0.3, -0.25) is 0 Å². The van der Waals surface area contributed by atoms with Gasteiger partial charge in [0.15, 0.2) is 0 Å². The van der Waals surface area contributed by atoms with Crippen LogP contribution in [0.5, 0.6) is 0 Å². The summed E-state index contributed by atoms with van der Waals surface area (Å²) in [4.78, 5) is 0. The lowest BCUT2D eigenvalue weighted by Gasteiger charge is -2.25. The molecule has 0 radical (unpaired) electrons. The van der Waals surface area contributed by atoms with Gasteiger partial charge in [0.2, 0.25) is 0 Å². The minimum Gasteiger partial charge on any atom is -0.0836 e. The Balaban J connectivity index is 0.000000574. The quantitative estimate of drug-likeness (QED) is 0.568. The molecule has 0 aliphatic heterocycles. The Labute approximate surface area is 111 Å². The first-order valence-corrected chi connectivity index (χ1v) is 7.12. The van der Waals surface area contributed by atoms with Gasteiger partial charge in [-0.1, -0.05) is 69.2 Å². The molecular weight excluding hydrogens is 216 g/mol. The van der Waals surface area contributed by atoms with Crippen molar-refractivity contribution in [3.05, 3.63) is 52.6 Å². The van der Waals surface area contributed by atoms with Crippen molar-refractivity contribution in [2.45, 2.75) is 52.9 Å². The molecule has 1 aromatic rings. The van der Waals surface area contributed by atoms with Crippen LogP contribution in [-0.2, 0) is 5.41 Å². The van der Waals surface area contributed by atoms with E-state index in [4.69, 9.17) is 0 Å². The maximum atomic E-state index is 2.37. The molecule has 96 valence electrons. The SMILES string of the molecule is CC.Cc1ccc2c(c1)C(C)(C)C1=C2C=CCC1. The highest BCUT2D eigenvalue weighted by atomic mass is 14.4. The zero-order valence-electron chi connectivity index (χ0n) is 12.3. The summed E-state index contributed by atoms with van der Waals surface area (Å²) < 4.78 is 0. The first kappa shape index (κ1) is 13.1. The van der Waals surface area contributed by atoms with E-state index >= 15 is 0 Å². The Kier molecular flexibility index (Phi) is 3.47. The Hall–Kier alpha value is -1.30. The second-order valence-corrected chi connectivity index (χ2v) is 5.51. The summed E-state index contributed by atoms with van der Waals surface area (Å²) in [5.74, 6) is 0. The van der Waals surface area contributed by atoms with Gasteiger partial charge < -0.3 is 0 Å². The topological polar surface area (TPSA) is 0 Å². The fourth-order valence-electron chi connectivity index (χ4n) is 3.14. The van der Waals surface area contributed by atoms with Gasteiger partial charge in [-0.25, -0.2) is 0 Å². The Bertz CT molecular complexity index is 513. The summed E-state index contributed by atoms with van der Waals surface area (Å²) in [6.45, 7) is 10.9. The standard InChI is InChI=1S/C16H18.C2H6/c1-11-8-9-13-12-6-4-5-7-14(12)16(2,3)15(13)10-11;1-2/h4,6,8-10H,5,7H2,1-3H3;1-2H3. The van der Waals surface area contributed by atoms with Crippen LogP contribution < -0.4 is 0 Å². The van der Waals surface area contributed by atoms with Crippen molar-refractivity contribution in [1.29, 1.82) is 0 Å². The number of rotatable bonds is 0. The van der Waals surface area contributed by atoms with E-state index in [-0.39, 0.29) is 5.41 Å². The fraction of sp³-hybridized carbons (Fsp3) is 0.444. The van der Waals surface area contributed by atoms with Gasteiger partial charge in [-0.15, -0.1) is 0 Å². The molecule has 0 saturated carbocycles. The molecule has 0 saturated heterocycles. The molecule has 2 aliphatic rings. The van der Waals surface area contributed by atoms with E-state index in [0.717, 1.165) is 0 Å². The van der Waals surface area contributed by atoms with Crippen molar-refractivity contribution in [1.82, 2.24) is 0 Å². The summed E-state index contributed by atoms with van der Waals surface area (Å²) in [6.07, 6.45) is 7.06. The van der Waals surface area contributed by atoms with Crippen LogP contribution in [0.1, 0.15) is 57.2 Å². The van der Waals surface area contributed by atoms with E-state index in [1.165, 1.54) is 35.1 Å². The lowest BCUT2D eigenvalue weighted by molar-refractivity contribution is 0.607. The molecule has 0 bridgehead atoms.